The minimum absolute atomic E-state index is 0.0335. The van der Waals surface area contributed by atoms with E-state index in [1.165, 1.54) is 12.1 Å². The Labute approximate surface area is 117 Å². The number of hydrogen-bond acceptors (Lipinski definition) is 1. The highest BCUT2D eigenvalue weighted by molar-refractivity contribution is 5.97. The first-order valence-electron chi connectivity index (χ1n) is 5.92. The average Bonchev–Trinajstić information content (AvgIpc) is 2.41. The van der Waals surface area contributed by atoms with Gasteiger partial charge in [0, 0.05) is 12.0 Å². The molecule has 0 saturated heterocycles. The highest BCUT2D eigenvalue weighted by Gasteiger charge is 2.29. The van der Waals surface area contributed by atoms with Crippen molar-refractivity contribution in [3.05, 3.63) is 70.8 Å². The molecular weight excluding hydrogens is 291 g/mol. The van der Waals surface area contributed by atoms with Gasteiger partial charge >= 0.3 is 6.18 Å². The number of benzene rings is 2. The molecule has 0 aliphatic heterocycles. The molecule has 0 aromatic heterocycles. The van der Waals surface area contributed by atoms with Gasteiger partial charge in [0.15, 0.2) is 17.4 Å². The first-order chi connectivity index (χ1) is 9.77. The van der Waals surface area contributed by atoms with Crippen LogP contribution in [-0.4, -0.2) is 5.78 Å². The molecule has 21 heavy (non-hydrogen) atoms. The summed E-state index contributed by atoms with van der Waals surface area (Å²) in [5, 5.41) is 0. The van der Waals surface area contributed by atoms with Gasteiger partial charge in [0.2, 0.25) is 0 Å². The largest absolute Gasteiger partial charge is 0.416 e. The van der Waals surface area contributed by atoms with E-state index in [0.29, 0.717) is 5.56 Å². The average molecular weight is 300 g/mol. The van der Waals surface area contributed by atoms with Crippen LogP contribution >= 0.6 is 0 Å². The fourth-order valence-electron chi connectivity index (χ4n) is 1.77. The molecule has 2 aromatic rings. The number of carbonyl (C=O) groups excluding carboxylic acids is 1. The van der Waals surface area contributed by atoms with Crippen molar-refractivity contribution in [2.24, 2.45) is 0 Å². The zero-order chi connectivity index (χ0) is 15.6. The Morgan fingerprint density at radius 3 is 2.05 bits per heavy atom. The summed E-state index contributed by atoms with van der Waals surface area (Å²) >= 11 is 0. The Kier molecular flexibility index (Phi) is 4.06. The second kappa shape index (κ2) is 5.63. The molecule has 0 heterocycles. The summed E-state index contributed by atoms with van der Waals surface area (Å²) < 4.78 is 62.9. The van der Waals surface area contributed by atoms with Crippen molar-refractivity contribution in [1.82, 2.24) is 0 Å². The van der Waals surface area contributed by atoms with Gasteiger partial charge in [0.1, 0.15) is 0 Å². The summed E-state index contributed by atoms with van der Waals surface area (Å²) in [5.41, 5.74) is -0.488. The molecule has 0 amide bonds. The van der Waals surface area contributed by atoms with Crippen LogP contribution in [0.4, 0.5) is 22.0 Å². The molecule has 0 radical (unpaired) electrons. The number of hydrogen-bond donors (Lipinski definition) is 0. The van der Waals surface area contributed by atoms with Crippen LogP contribution in [0.25, 0.3) is 0 Å². The summed E-state index contributed by atoms with van der Waals surface area (Å²) in [5.74, 6) is -2.72. The Morgan fingerprint density at radius 2 is 1.52 bits per heavy atom. The first kappa shape index (κ1) is 15.2. The van der Waals surface area contributed by atoms with Crippen LogP contribution in [-0.2, 0) is 12.6 Å². The molecule has 0 aliphatic carbocycles. The Balaban J connectivity index is 2.14. The smallest absolute Gasteiger partial charge is 0.294 e. The molecule has 0 saturated carbocycles. The first-order valence-corrected chi connectivity index (χ1v) is 5.92. The van der Waals surface area contributed by atoms with Gasteiger partial charge in [0.25, 0.3) is 0 Å². The summed E-state index contributed by atoms with van der Waals surface area (Å²) in [7, 11) is 0. The van der Waals surface area contributed by atoms with E-state index in [1.807, 2.05) is 0 Å². The van der Waals surface area contributed by atoms with Gasteiger partial charge in [0.05, 0.1) is 5.56 Å². The van der Waals surface area contributed by atoms with Crippen LogP contribution in [0.1, 0.15) is 21.5 Å². The molecule has 6 heteroatoms. The number of ketones is 1. The van der Waals surface area contributed by atoms with Crippen LogP contribution in [0.3, 0.4) is 0 Å². The quantitative estimate of drug-likeness (QED) is 0.606. The van der Waals surface area contributed by atoms with Crippen molar-refractivity contribution in [2.45, 2.75) is 12.6 Å². The molecule has 0 aliphatic rings. The van der Waals surface area contributed by atoms with Crippen LogP contribution in [0.2, 0.25) is 0 Å². The molecule has 0 spiro atoms. The molecule has 0 unspecified atom stereocenters. The van der Waals surface area contributed by atoms with Crippen LogP contribution in [0.15, 0.2) is 42.5 Å². The second-order valence-corrected chi connectivity index (χ2v) is 4.42. The van der Waals surface area contributed by atoms with Crippen LogP contribution < -0.4 is 0 Å². The summed E-state index contributed by atoms with van der Waals surface area (Å²) in [6.45, 7) is 0. The van der Waals surface area contributed by atoms with Crippen LogP contribution in [0, 0.1) is 11.6 Å². The zero-order valence-corrected chi connectivity index (χ0v) is 10.5. The highest BCUT2D eigenvalue weighted by Crippen LogP contribution is 2.29. The van der Waals surface area contributed by atoms with Crippen molar-refractivity contribution in [3.63, 3.8) is 0 Å². The predicted molar refractivity (Wildman–Crippen MR) is 65.8 cm³/mol. The standard InChI is InChI=1S/C15H9F5O/c16-12-6-3-10(8-13(12)17)14(21)7-9-1-4-11(5-2-9)15(18,19)20/h1-6,8H,7H2. The van der Waals surface area contributed by atoms with Gasteiger partial charge in [-0.3, -0.25) is 4.79 Å². The lowest BCUT2D eigenvalue weighted by Crippen LogP contribution is -2.07. The maximum Gasteiger partial charge on any atom is 0.416 e. The maximum absolute atomic E-state index is 13.0. The van der Waals surface area contributed by atoms with Gasteiger partial charge < -0.3 is 0 Å². The molecule has 110 valence electrons. The van der Waals surface area contributed by atoms with E-state index >= 15 is 0 Å². The summed E-state index contributed by atoms with van der Waals surface area (Å²) in [6, 6.07) is 6.82. The van der Waals surface area contributed by atoms with Crippen molar-refractivity contribution in [3.8, 4) is 0 Å². The van der Waals surface area contributed by atoms with Crippen molar-refractivity contribution < 1.29 is 26.7 Å². The number of Topliss-reactive ketones (excluding diaryl/α,β-unsaturated/α-hetero) is 1. The van der Waals surface area contributed by atoms with Gasteiger partial charge in [-0.2, -0.15) is 13.2 Å². The fourth-order valence-corrected chi connectivity index (χ4v) is 1.77. The highest BCUT2D eigenvalue weighted by atomic mass is 19.4. The number of alkyl halides is 3. The molecule has 2 rings (SSSR count). The van der Waals surface area contributed by atoms with Gasteiger partial charge in [-0.05, 0) is 35.9 Å². The van der Waals surface area contributed by atoms with E-state index in [9.17, 15) is 26.7 Å². The van der Waals surface area contributed by atoms with E-state index in [-0.39, 0.29) is 12.0 Å². The predicted octanol–water partition coefficient (Wildman–Crippen LogP) is 4.41. The lowest BCUT2D eigenvalue weighted by molar-refractivity contribution is -0.137. The normalized spacial score (nSPS) is 11.5. The third-order valence-corrected chi connectivity index (χ3v) is 2.89. The molecule has 0 atom stereocenters. The third kappa shape index (κ3) is 3.65. The molecule has 2 aromatic carbocycles. The number of rotatable bonds is 3. The topological polar surface area (TPSA) is 17.1 Å². The van der Waals surface area contributed by atoms with Crippen molar-refractivity contribution >= 4 is 5.78 Å². The van der Waals surface area contributed by atoms with E-state index < -0.39 is 29.2 Å². The minimum Gasteiger partial charge on any atom is -0.294 e. The monoisotopic (exact) mass is 300 g/mol. The number of carbonyl (C=O) groups is 1. The maximum atomic E-state index is 13.0. The van der Waals surface area contributed by atoms with Gasteiger partial charge in [-0.25, -0.2) is 8.78 Å². The summed E-state index contributed by atoms with van der Waals surface area (Å²) in [4.78, 5) is 11.8. The third-order valence-electron chi connectivity index (χ3n) is 2.89. The Morgan fingerprint density at radius 1 is 0.905 bits per heavy atom. The molecule has 0 bridgehead atoms. The molecule has 0 N–H and O–H groups in total. The fraction of sp³-hybridized carbons (Fsp3) is 0.133. The molecule has 1 nitrogen and oxygen atoms in total. The lowest BCUT2D eigenvalue weighted by atomic mass is 10.0. The lowest BCUT2D eigenvalue weighted by Gasteiger charge is -2.07. The SMILES string of the molecule is O=C(Cc1ccc(C(F)(F)F)cc1)c1ccc(F)c(F)c1. The summed E-state index contributed by atoms with van der Waals surface area (Å²) in [6.07, 6.45) is -4.63. The second-order valence-electron chi connectivity index (χ2n) is 4.42. The molecule has 0 fully saturated rings. The van der Waals surface area contributed by atoms with Crippen molar-refractivity contribution in [1.29, 1.82) is 0 Å². The van der Waals surface area contributed by atoms with E-state index in [4.69, 9.17) is 0 Å². The minimum atomic E-state index is -4.44. The van der Waals surface area contributed by atoms with E-state index in [2.05, 4.69) is 0 Å². The van der Waals surface area contributed by atoms with Crippen LogP contribution in [0.5, 0.6) is 0 Å². The Bertz CT molecular complexity index is 659. The van der Waals surface area contributed by atoms with Gasteiger partial charge in [-0.15, -0.1) is 0 Å². The van der Waals surface area contributed by atoms with Gasteiger partial charge in [-0.1, -0.05) is 12.1 Å². The Hall–Kier alpha value is -2.24. The van der Waals surface area contributed by atoms with E-state index in [1.54, 1.807) is 0 Å². The zero-order valence-electron chi connectivity index (χ0n) is 10.5. The van der Waals surface area contributed by atoms with Crippen molar-refractivity contribution in [2.75, 3.05) is 0 Å². The molecular formula is C15H9F5O. The number of halogens is 5. The van der Waals surface area contributed by atoms with E-state index in [0.717, 1.165) is 30.3 Å².